The standard InChI is InChI=1S/C14H13NO3/c16-13(17)10-7-14(18,8-10)11-3-4-12-9(6-11)2-1-5-15-12/h1-6,10,18H,7-8H2,(H,16,17). The van der Waals surface area contributed by atoms with Crippen LogP contribution in [-0.2, 0) is 10.4 Å². The van der Waals surface area contributed by atoms with Crippen LogP contribution in [0.15, 0.2) is 36.5 Å². The summed E-state index contributed by atoms with van der Waals surface area (Å²) >= 11 is 0. The molecule has 1 aromatic carbocycles. The Labute approximate surface area is 104 Å². The number of aromatic nitrogens is 1. The van der Waals surface area contributed by atoms with Gasteiger partial charge in [0.15, 0.2) is 0 Å². The quantitative estimate of drug-likeness (QED) is 0.845. The number of carbonyl (C=O) groups is 1. The van der Waals surface area contributed by atoms with Gasteiger partial charge in [-0.05, 0) is 36.6 Å². The Balaban J connectivity index is 1.94. The van der Waals surface area contributed by atoms with E-state index in [0.29, 0.717) is 0 Å². The fraction of sp³-hybridized carbons (Fsp3) is 0.286. The van der Waals surface area contributed by atoms with Crippen molar-refractivity contribution in [2.24, 2.45) is 5.92 Å². The third-order valence-electron chi connectivity index (χ3n) is 3.66. The van der Waals surface area contributed by atoms with E-state index in [-0.39, 0.29) is 12.8 Å². The first-order chi connectivity index (χ1) is 8.58. The monoisotopic (exact) mass is 243 g/mol. The van der Waals surface area contributed by atoms with Gasteiger partial charge in [0, 0.05) is 11.6 Å². The molecule has 0 saturated heterocycles. The van der Waals surface area contributed by atoms with Gasteiger partial charge in [0.2, 0.25) is 0 Å². The third kappa shape index (κ3) is 1.66. The largest absolute Gasteiger partial charge is 0.481 e. The molecule has 0 spiro atoms. The number of rotatable bonds is 2. The number of aliphatic hydroxyl groups is 1. The summed E-state index contributed by atoms with van der Waals surface area (Å²) < 4.78 is 0. The van der Waals surface area contributed by atoms with Gasteiger partial charge < -0.3 is 10.2 Å². The van der Waals surface area contributed by atoms with Gasteiger partial charge in [-0.1, -0.05) is 12.1 Å². The zero-order valence-corrected chi connectivity index (χ0v) is 9.71. The summed E-state index contributed by atoms with van der Waals surface area (Å²) in [6.45, 7) is 0. The third-order valence-corrected chi connectivity index (χ3v) is 3.66. The molecule has 0 atom stereocenters. The number of benzene rings is 1. The van der Waals surface area contributed by atoms with Gasteiger partial charge in [-0.15, -0.1) is 0 Å². The zero-order chi connectivity index (χ0) is 12.8. The van der Waals surface area contributed by atoms with Gasteiger partial charge in [-0.3, -0.25) is 9.78 Å². The van der Waals surface area contributed by atoms with Gasteiger partial charge in [0.25, 0.3) is 0 Å². The van der Waals surface area contributed by atoms with E-state index >= 15 is 0 Å². The van der Waals surface area contributed by atoms with Crippen molar-refractivity contribution in [3.05, 3.63) is 42.1 Å². The minimum absolute atomic E-state index is 0.286. The van der Waals surface area contributed by atoms with Gasteiger partial charge >= 0.3 is 5.97 Å². The second kappa shape index (κ2) is 3.78. The normalized spacial score (nSPS) is 26.8. The highest BCUT2D eigenvalue weighted by atomic mass is 16.4. The number of nitrogens with zero attached hydrogens (tertiary/aromatic N) is 1. The van der Waals surface area contributed by atoms with Crippen molar-refractivity contribution in [1.82, 2.24) is 4.98 Å². The molecular weight excluding hydrogens is 230 g/mol. The van der Waals surface area contributed by atoms with Crippen LogP contribution in [0.25, 0.3) is 10.9 Å². The van der Waals surface area contributed by atoms with E-state index in [0.717, 1.165) is 16.5 Å². The molecule has 0 unspecified atom stereocenters. The second-order valence-corrected chi connectivity index (χ2v) is 4.89. The van der Waals surface area contributed by atoms with Crippen LogP contribution in [0, 0.1) is 5.92 Å². The first-order valence-electron chi connectivity index (χ1n) is 5.89. The van der Waals surface area contributed by atoms with Crippen LogP contribution in [-0.4, -0.2) is 21.2 Å². The van der Waals surface area contributed by atoms with Crippen molar-refractivity contribution in [1.29, 1.82) is 0 Å². The van der Waals surface area contributed by atoms with E-state index in [1.807, 2.05) is 30.3 Å². The summed E-state index contributed by atoms with van der Waals surface area (Å²) in [6.07, 6.45) is 2.29. The van der Waals surface area contributed by atoms with Gasteiger partial charge in [-0.2, -0.15) is 0 Å². The molecular formula is C14H13NO3. The molecule has 2 aromatic rings. The van der Waals surface area contributed by atoms with E-state index in [2.05, 4.69) is 4.98 Å². The van der Waals surface area contributed by atoms with Crippen LogP contribution in [0.5, 0.6) is 0 Å². The first-order valence-corrected chi connectivity index (χ1v) is 5.89. The zero-order valence-electron chi connectivity index (χ0n) is 9.71. The van der Waals surface area contributed by atoms with Crippen LogP contribution in [0.3, 0.4) is 0 Å². The second-order valence-electron chi connectivity index (χ2n) is 4.89. The molecule has 1 fully saturated rings. The molecule has 0 amide bonds. The Hall–Kier alpha value is -1.94. The number of hydrogen-bond donors (Lipinski definition) is 2. The highest BCUT2D eigenvalue weighted by molar-refractivity contribution is 5.79. The van der Waals surface area contributed by atoms with E-state index in [4.69, 9.17) is 5.11 Å². The molecule has 1 aliphatic carbocycles. The topological polar surface area (TPSA) is 70.4 Å². The van der Waals surface area contributed by atoms with Crippen molar-refractivity contribution >= 4 is 16.9 Å². The molecule has 0 radical (unpaired) electrons. The summed E-state index contributed by atoms with van der Waals surface area (Å²) in [5, 5.41) is 20.2. The molecule has 18 heavy (non-hydrogen) atoms. The SMILES string of the molecule is O=C(O)C1CC(O)(c2ccc3ncccc3c2)C1. The Kier molecular flexibility index (Phi) is 2.35. The lowest BCUT2D eigenvalue weighted by molar-refractivity contribution is -0.159. The maximum atomic E-state index is 10.8. The lowest BCUT2D eigenvalue weighted by Gasteiger charge is -2.41. The molecule has 1 aromatic heterocycles. The van der Waals surface area contributed by atoms with Crippen LogP contribution < -0.4 is 0 Å². The summed E-state index contributed by atoms with van der Waals surface area (Å²) in [5.41, 5.74) is 0.659. The molecule has 2 N–H and O–H groups in total. The number of carboxylic acids is 1. The number of aliphatic carboxylic acids is 1. The smallest absolute Gasteiger partial charge is 0.306 e. The fourth-order valence-corrected chi connectivity index (χ4v) is 2.53. The average Bonchev–Trinajstić information content (AvgIpc) is 2.34. The van der Waals surface area contributed by atoms with Crippen molar-refractivity contribution < 1.29 is 15.0 Å². The summed E-state index contributed by atoms with van der Waals surface area (Å²) in [6, 6.07) is 9.35. The van der Waals surface area contributed by atoms with Crippen LogP contribution in [0.2, 0.25) is 0 Å². The maximum Gasteiger partial charge on any atom is 0.306 e. The lowest BCUT2D eigenvalue weighted by atomic mass is 9.67. The Morgan fingerprint density at radius 1 is 1.33 bits per heavy atom. The average molecular weight is 243 g/mol. The highest BCUT2D eigenvalue weighted by Gasteiger charge is 2.47. The molecule has 0 aliphatic heterocycles. The number of pyridine rings is 1. The summed E-state index contributed by atoms with van der Waals surface area (Å²) in [7, 11) is 0. The highest BCUT2D eigenvalue weighted by Crippen LogP contribution is 2.46. The predicted octanol–water partition coefficient (Wildman–Crippen LogP) is 1.92. The Morgan fingerprint density at radius 2 is 2.11 bits per heavy atom. The van der Waals surface area contributed by atoms with Crippen molar-refractivity contribution in [2.45, 2.75) is 18.4 Å². The molecule has 1 aliphatic rings. The minimum atomic E-state index is -0.993. The Bertz CT molecular complexity index is 617. The molecule has 1 saturated carbocycles. The van der Waals surface area contributed by atoms with Gasteiger partial charge in [0.05, 0.1) is 17.0 Å². The molecule has 1 heterocycles. The predicted molar refractivity (Wildman–Crippen MR) is 66.0 cm³/mol. The molecule has 3 rings (SSSR count). The van der Waals surface area contributed by atoms with Crippen LogP contribution in [0.4, 0.5) is 0 Å². The van der Waals surface area contributed by atoms with Crippen molar-refractivity contribution in [3.8, 4) is 0 Å². The van der Waals surface area contributed by atoms with Gasteiger partial charge in [-0.25, -0.2) is 0 Å². The van der Waals surface area contributed by atoms with Crippen molar-refractivity contribution in [3.63, 3.8) is 0 Å². The van der Waals surface area contributed by atoms with Crippen LogP contribution in [0.1, 0.15) is 18.4 Å². The van der Waals surface area contributed by atoms with E-state index in [9.17, 15) is 9.90 Å². The summed E-state index contributed by atoms with van der Waals surface area (Å²) in [4.78, 5) is 15.0. The molecule has 4 nitrogen and oxygen atoms in total. The Morgan fingerprint density at radius 3 is 2.83 bits per heavy atom. The van der Waals surface area contributed by atoms with E-state index < -0.39 is 17.5 Å². The van der Waals surface area contributed by atoms with Gasteiger partial charge in [0.1, 0.15) is 0 Å². The molecule has 0 bridgehead atoms. The molecule has 92 valence electrons. The molecule has 4 heteroatoms. The fourth-order valence-electron chi connectivity index (χ4n) is 2.53. The number of fused-ring (bicyclic) bond motifs is 1. The minimum Gasteiger partial charge on any atom is -0.481 e. The van der Waals surface area contributed by atoms with Crippen LogP contribution >= 0.6 is 0 Å². The first kappa shape index (κ1) is 11.2. The van der Waals surface area contributed by atoms with E-state index in [1.54, 1.807) is 6.20 Å². The van der Waals surface area contributed by atoms with Crippen molar-refractivity contribution in [2.75, 3.05) is 0 Å². The maximum absolute atomic E-state index is 10.8. The number of hydrogen-bond acceptors (Lipinski definition) is 3. The lowest BCUT2D eigenvalue weighted by Crippen LogP contribution is -2.44. The number of carboxylic acid groups (broad SMARTS) is 1. The van der Waals surface area contributed by atoms with E-state index in [1.165, 1.54) is 0 Å². The summed E-state index contributed by atoms with van der Waals surface area (Å²) in [5.74, 6) is -1.26.